The minimum atomic E-state index is -0.708. The Bertz CT molecular complexity index is 899. The van der Waals surface area contributed by atoms with Crippen LogP contribution in [0.2, 0.25) is 0 Å². The van der Waals surface area contributed by atoms with Crippen molar-refractivity contribution in [3.8, 4) is 0 Å². The van der Waals surface area contributed by atoms with Crippen molar-refractivity contribution in [3.63, 3.8) is 0 Å². The third-order valence-corrected chi connectivity index (χ3v) is 3.84. The van der Waals surface area contributed by atoms with E-state index in [1.165, 1.54) is 25.3 Å². The molecule has 118 valence electrons. The Morgan fingerprint density at radius 3 is 2.74 bits per heavy atom. The molecular formula is C18H15F2NO2. The summed E-state index contributed by atoms with van der Waals surface area (Å²) < 4.78 is 34.4. The fraction of sp³-hybridized carbons (Fsp3) is 0.167. The predicted molar refractivity (Wildman–Crippen MR) is 83.5 cm³/mol. The number of benzene rings is 2. The van der Waals surface area contributed by atoms with E-state index in [-0.39, 0.29) is 17.9 Å². The summed E-state index contributed by atoms with van der Waals surface area (Å²) in [6.07, 6.45) is 1.78. The van der Waals surface area contributed by atoms with E-state index in [4.69, 9.17) is 0 Å². The number of methoxy groups -OCH3 is 1. The Labute approximate surface area is 132 Å². The van der Waals surface area contributed by atoms with Crippen LogP contribution in [0.4, 0.5) is 8.78 Å². The van der Waals surface area contributed by atoms with Gasteiger partial charge < -0.3 is 9.30 Å². The van der Waals surface area contributed by atoms with Crippen molar-refractivity contribution in [2.45, 2.75) is 13.5 Å². The maximum atomic E-state index is 14.5. The van der Waals surface area contributed by atoms with Crippen molar-refractivity contribution in [3.05, 3.63) is 70.9 Å². The summed E-state index contributed by atoms with van der Waals surface area (Å²) in [5, 5.41) is 0.757. The zero-order valence-corrected chi connectivity index (χ0v) is 12.8. The van der Waals surface area contributed by atoms with Gasteiger partial charge in [-0.1, -0.05) is 12.1 Å². The molecule has 0 spiro atoms. The van der Waals surface area contributed by atoms with E-state index in [1.807, 2.05) is 11.5 Å². The van der Waals surface area contributed by atoms with Gasteiger partial charge in [-0.2, -0.15) is 0 Å². The molecule has 0 atom stereocenters. The van der Waals surface area contributed by atoms with Crippen LogP contribution in [0.15, 0.2) is 42.6 Å². The summed E-state index contributed by atoms with van der Waals surface area (Å²) >= 11 is 0. The number of fused-ring (bicyclic) bond motifs is 1. The number of rotatable bonds is 3. The van der Waals surface area contributed by atoms with Gasteiger partial charge in [-0.15, -0.1) is 0 Å². The maximum absolute atomic E-state index is 14.5. The first kappa shape index (κ1) is 15.2. The number of hydrogen-bond donors (Lipinski definition) is 0. The minimum absolute atomic E-state index is 0.0933. The van der Waals surface area contributed by atoms with Crippen molar-refractivity contribution >= 4 is 16.9 Å². The Kier molecular flexibility index (Phi) is 3.86. The molecule has 3 aromatic rings. The zero-order chi connectivity index (χ0) is 16.6. The molecule has 0 aliphatic carbocycles. The van der Waals surface area contributed by atoms with Gasteiger partial charge in [-0.05, 0) is 36.8 Å². The van der Waals surface area contributed by atoms with E-state index < -0.39 is 11.8 Å². The van der Waals surface area contributed by atoms with Gasteiger partial charge in [-0.25, -0.2) is 13.6 Å². The molecule has 0 saturated heterocycles. The maximum Gasteiger partial charge on any atom is 0.340 e. The molecule has 3 rings (SSSR count). The van der Waals surface area contributed by atoms with E-state index in [0.29, 0.717) is 5.56 Å². The molecule has 0 aliphatic heterocycles. The summed E-state index contributed by atoms with van der Waals surface area (Å²) in [7, 11) is 1.21. The van der Waals surface area contributed by atoms with E-state index >= 15 is 0 Å². The highest BCUT2D eigenvalue weighted by molar-refractivity contribution is 5.90. The molecular weight excluding hydrogens is 300 g/mol. The molecule has 5 heteroatoms. The molecule has 0 unspecified atom stereocenters. The lowest BCUT2D eigenvalue weighted by molar-refractivity contribution is 0.0595. The van der Waals surface area contributed by atoms with E-state index in [1.54, 1.807) is 24.4 Å². The van der Waals surface area contributed by atoms with E-state index in [9.17, 15) is 13.6 Å². The second-order valence-electron chi connectivity index (χ2n) is 5.37. The second kappa shape index (κ2) is 5.83. The number of carbonyl (C=O) groups is 1. The van der Waals surface area contributed by atoms with Crippen molar-refractivity contribution in [1.29, 1.82) is 0 Å². The van der Waals surface area contributed by atoms with E-state index in [2.05, 4.69) is 4.74 Å². The fourth-order valence-corrected chi connectivity index (χ4v) is 2.81. The Balaban J connectivity index is 2.05. The van der Waals surface area contributed by atoms with Crippen LogP contribution in [0.5, 0.6) is 0 Å². The second-order valence-corrected chi connectivity index (χ2v) is 5.37. The number of halogens is 2. The predicted octanol–water partition coefficient (Wildman–Crippen LogP) is 4.06. The number of esters is 1. The van der Waals surface area contributed by atoms with Crippen LogP contribution in [0, 0.1) is 18.6 Å². The molecule has 1 aromatic heterocycles. The lowest BCUT2D eigenvalue weighted by Crippen LogP contribution is -2.09. The van der Waals surface area contributed by atoms with Crippen molar-refractivity contribution < 1.29 is 18.3 Å². The molecule has 1 heterocycles. The molecule has 0 radical (unpaired) electrons. The number of aryl methyl sites for hydroxylation is 1. The van der Waals surface area contributed by atoms with Crippen molar-refractivity contribution in [2.24, 2.45) is 0 Å². The van der Waals surface area contributed by atoms with Gasteiger partial charge in [0.05, 0.1) is 24.7 Å². The highest BCUT2D eigenvalue weighted by Gasteiger charge is 2.16. The first-order valence-corrected chi connectivity index (χ1v) is 7.12. The highest BCUT2D eigenvalue weighted by atomic mass is 19.1. The lowest BCUT2D eigenvalue weighted by atomic mass is 10.1. The molecule has 2 aromatic carbocycles. The summed E-state index contributed by atoms with van der Waals surface area (Å²) in [5.41, 5.74) is 1.89. The highest BCUT2D eigenvalue weighted by Crippen LogP contribution is 2.24. The van der Waals surface area contributed by atoms with Gasteiger partial charge in [0, 0.05) is 17.1 Å². The average Bonchev–Trinajstić information content (AvgIpc) is 2.91. The SMILES string of the molecule is COC(=O)c1cccc(Cn2ccc3cc(F)cc(C)c32)c1F. The van der Waals surface area contributed by atoms with Crippen LogP contribution in [0.3, 0.4) is 0 Å². The van der Waals surface area contributed by atoms with Crippen LogP contribution in [-0.4, -0.2) is 17.6 Å². The Morgan fingerprint density at radius 1 is 1.22 bits per heavy atom. The molecule has 0 bridgehead atoms. The number of nitrogens with zero attached hydrogens (tertiary/aromatic N) is 1. The van der Waals surface area contributed by atoms with Gasteiger partial charge in [0.1, 0.15) is 11.6 Å². The van der Waals surface area contributed by atoms with Crippen LogP contribution in [0.25, 0.3) is 10.9 Å². The molecule has 0 saturated carbocycles. The minimum Gasteiger partial charge on any atom is -0.465 e. The lowest BCUT2D eigenvalue weighted by Gasteiger charge is -2.11. The van der Waals surface area contributed by atoms with Gasteiger partial charge in [0.25, 0.3) is 0 Å². The van der Waals surface area contributed by atoms with Gasteiger partial charge in [-0.3, -0.25) is 0 Å². The monoisotopic (exact) mass is 315 g/mol. The summed E-state index contributed by atoms with van der Waals surface area (Å²) in [6, 6.07) is 9.29. The third-order valence-electron chi connectivity index (χ3n) is 3.84. The zero-order valence-electron chi connectivity index (χ0n) is 12.8. The topological polar surface area (TPSA) is 31.2 Å². The Morgan fingerprint density at radius 2 is 2.00 bits per heavy atom. The summed E-state index contributed by atoms with van der Waals surface area (Å²) in [6.45, 7) is 2.05. The number of ether oxygens (including phenoxy) is 1. The number of aromatic nitrogens is 1. The van der Waals surface area contributed by atoms with Crippen LogP contribution in [0.1, 0.15) is 21.5 Å². The smallest absolute Gasteiger partial charge is 0.340 e. The normalized spacial score (nSPS) is 11.0. The van der Waals surface area contributed by atoms with Crippen molar-refractivity contribution in [1.82, 2.24) is 4.57 Å². The van der Waals surface area contributed by atoms with Crippen LogP contribution in [-0.2, 0) is 11.3 Å². The molecule has 3 nitrogen and oxygen atoms in total. The van der Waals surface area contributed by atoms with E-state index in [0.717, 1.165) is 16.5 Å². The van der Waals surface area contributed by atoms with Crippen LogP contribution < -0.4 is 0 Å². The molecule has 0 N–H and O–H groups in total. The third kappa shape index (κ3) is 2.70. The first-order valence-electron chi connectivity index (χ1n) is 7.12. The molecule has 0 fully saturated rings. The summed E-state index contributed by atoms with van der Waals surface area (Å²) in [4.78, 5) is 11.6. The van der Waals surface area contributed by atoms with Gasteiger partial charge in [0.15, 0.2) is 0 Å². The number of hydrogen-bond acceptors (Lipinski definition) is 2. The quantitative estimate of drug-likeness (QED) is 0.682. The molecule has 0 amide bonds. The standard InChI is InChI=1S/C18H15F2NO2/c1-11-8-14(19)9-12-6-7-21(17(11)12)10-13-4-3-5-15(16(13)20)18(22)23-2/h3-9H,10H2,1-2H3. The molecule has 0 aliphatic rings. The van der Waals surface area contributed by atoms with Gasteiger partial charge >= 0.3 is 5.97 Å². The largest absolute Gasteiger partial charge is 0.465 e. The van der Waals surface area contributed by atoms with Crippen LogP contribution >= 0.6 is 0 Å². The van der Waals surface area contributed by atoms with Crippen molar-refractivity contribution in [2.75, 3.05) is 7.11 Å². The first-order chi connectivity index (χ1) is 11.0. The Hall–Kier alpha value is -2.69. The summed E-state index contributed by atoms with van der Waals surface area (Å²) in [5.74, 6) is -1.60. The fourth-order valence-electron chi connectivity index (χ4n) is 2.81. The molecule has 23 heavy (non-hydrogen) atoms. The average molecular weight is 315 g/mol. The van der Waals surface area contributed by atoms with Gasteiger partial charge in [0.2, 0.25) is 0 Å². The number of carbonyl (C=O) groups excluding carboxylic acids is 1.